The summed E-state index contributed by atoms with van der Waals surface area (Å²) in [5, 5.41) is 14.3. The molecule has 116 valence electrons. The van der Waals surface area contributed by atoms with Crippen LogP contribution in [-0.4, -0.2) is 29.0 Å². The molecule has 1 N–H and O–H groups in total. The van der Waals surface area contributed by atoms with Gasteiger partial charge in [0.05, 0.1) is 17.1 Å². The monoisotopic (exact) mass is 292 g/mol. The number of piperidine rings is 1. The number of aromatic nitrogens is 1. The fourth-order valence-corrected chi connectivity index (χ4v) is 2.71. The first-order valence-electron chi connectivity index (χ1n) is 7.68. The highest BCUT2D eigenvalue weighted by Crippen LogP contribution is 2.30. The molecule has 0 spiro atoms. The lowest BCUT2D eigenvalue weighted by Gasteiger charge is -2.37. The standard InChI is InChI=1S/C15H24N4O2/c1-4-7-16-14-8-13(19(20)21)9-15(17-14)18-10-11(2)5-6-12(18)3/h8-9,11-12H,4-7,10H2,1-3H3,(H,16,17). The molecule has 2 rings (SSSR count). The molecule has 0 radical (unpaired) electrons. The molecule has 0 aromatic carbocycles. The Balaban J connectivity index is 2.32. The number of pyridine rings is 1. The van der Waals surface area contributed by atoms with Crippen molar-refractivity contribution in [2.45, 2.75) is 46.1 Å². The summed E-state index contributed by atoms with van der Waals surface area (Å²) in [5.41, 5.74) is 0.101. The summed E-state index contributed by atoms with van der Waals surface area (Å²) in [5.74, 6) is 1.89. The number of rotatable bonds is 5. The van der Waals surface area contributed by atoms with Crippen LogP contribution in [0.2, 0.25) is 0 Å². The van der Waals surface area contributed by atoms with E-state index < -0.39 is 0 Å². The van der Waals surface area contributed by atoms with Crippen LogP contribution in [0, 0.1) is 16.0 Å². The maximum absolute atomic E-state index is 11.1. The first-order valence-corrected chi connectivity index (χ1v) is 7.68. The Morgan fingerprint density at radius 1 is 1.43 bits per heavy atom. The van der Waals surface area contributed by atoms with Gasteiger partial charge in [0.1, 0.15) is 11.6 Å². The quantitative estimate of drug-likeness (QED) is 0.665. The summed E-state index contributed by atoms with van der Waals surface area (Å²) in [4.78, 5) is 17.6. The van der Waals surface area contributed by atoms with Crippen LogP contribution in [0.15, 0.2) is 12.1 Å². The summed E-state index contributed by atoms with van der Waals surface area (Å²) in [6.07, 6.45) is 3.26. The van der Waals surface area contributed by atoms with Gasteiger partial charge in [-0.25, -0.2) is 4.98 Å². The first kappa shape index (κ1) is 15.5. The molecule has 2 atom stereocenters. The van der Waals surface area contributed by atoms with Crippen molar-refractivity contribution in [1.29, 1.82) is 0 Å². The van der Waals surface area contributed by atoms with E-state index >= 15 is 0 Å². The van der Waals surface area contributed by atoms with Crippen molar-refractivity contribution >= 4 is 17.3 Å². The van der Waals surface area contributed by atoms with Gasteiger partial charge in [-0.2, -0.15) is 0 Å². The second-order valence-corrected chi connectivity index (χ2v) is 5.94. The van der Waals surface area contributed by atoms with Crippen LogP contribution in [0.5, 0.6) is 0 Å². The van der Waals surface area contributed by atoms with Gasteiger partial charge < -0.3 is 10.2 Å². The van der Waals surface area contributed by atoms with E-state index in [4.69, 9.17) is 0 Å². The van der Waals surface area contributed by atoms with Crippen molar-refractivity contribution in [3.63, 3.8) is 0 Å². The van der Waals surface area contributed by atoms with Crippen molar-refractivity contribution in [3.05, 3.63) is 22.2 Å². The number of hydrogen-bond donors (Lipinski definition) is 1. The smallest absolute Gasteiger partial charge is 0.276 e. The maximum Gasteiger partial charge on any atom is 0.276 e. The fourth-order valence-electron chi connectivity index (χ4n) is 2.71. The molecule has 0 saturated carbocycles. The Labute approximate surface area is 125 Å². The van der Waals surface area contributed by atoms with E-state index in [-0.39, 0.29) is 10.6 Å². The lowest BCUT2D eigenvalue weighted by atomic mass is 9.95. The molecular formula is C15H24N4O2. The highest BCUT2D eigenvalue weighted by atomic mass is 16.6. The minimum Gasteiger partial charge on any atom is -0.370 e. The summed E-state index contributed by atoms with van der Waals surface area (Å²) < 4.78 is 0. The molecule has 0 aliphatic carbocycles. The molecule has 2 heterocycles. The van der Waals surface area contributed by atoms with Gasteiger partial charge in [0.25, 0.3) is 5.69 Å². The molecule has 1 aromatic heterocycles. The molecule has 0 bridgehead atoms. The van der Waals surface area contributed by atoms with Crippen LogP contribution in [0.25, 0.3) is 0 Å². The Kier molecular flexibility index (Phi) is 4.98. The minimum absolute atomic E-state index is 0.101. The highest BCUT2D eigenvalue weighted by Gasteiger charge is 2.25. The predicted octanol–water partition coefficient (Wildman–Crippen LogP) is 3.44. The van der Waals surface area contributed by atoms with Crippen LogP contribution in [0.3, 0.4) is 0 Å². The van der Waals surface area contributed by atoms with Gasteiger partial charge >= 0.3 is 0 Å². The zero-order valence-corrected chi connectivity index (χ0v) is 13.0. The van der Waals surface area contributed by atoms with E-state index in [2.05, 4.69) is 36.0 Å². The van der Waals surface area contributed by atoms with Gasteiger partial charge in [-0.05, 0) is 32.1 Å². The fraction of sp³-hybridized carbons (Fsp3) is 0.667. The summed E-state index contributed by atoms with van der Waals surface area (Å²) in [6, 6.07) is 3.47. The van der Waals surface area contributed by atoms with Gasteiger partial charge in [0.15, 0.2) is 0 Å². The largest absolute Gasteiger partial charge is 0.370 e. The first-order chi connectivity index (χ1) is 10.0. The van der Waals surface area contributed by atoms with E-state index in [1.165, 1.54) is 12.5 Å². The Morgan fingerprint density at radius 3 is 2.86 bits per heavy atom. The molecule has 1 saturated heterocycles. The lowest BCUT2D eigenvalue weighted by Crippen LogP contribution is -2.41. The SMILES string of the molecule is CCCNc1cc([N+](=O)[O-])cc(N2CC(C)CCC2C)n1. The Morgan fingerprint density at radius 2 is 2.19 bits per heavy atom. The van der Waals surface area contributed by atoms with Crippen molar-refractivity contribution in [3.8, 4) is 0 Å². The minimum atomic E-state index is -0.347. The normalized spacial score (nSPS) is 22.1. The molecule has 21 heavy (non-hydrogen) atoms. The third-order valence-corrected chi connectivity index (χ3v) is 3.98. The van der Waals surface area contributed by atoms with E-state index in [1.807, 2.05) is 0 Å². The van der Waals surface area contributed by atoms with E-state index in [9.17, 15) is 10.1 Å². The summed E-state index contributed by atoms with van der Waals surface area (Å²) in [7, 11) is 0. The topological polar surface area (TPSA) is 71.3 Å². The number of nitro groups is 1. The second kappa shape index (κ2) is 6.74. The summed E-state index contributed by atoms with van der Waals surface area (Å²) in [6.45, 7) is 8.10. The Hall–Kier alpha value is -1.85. The predicted molar refractivity (Wildman–Crippen MR) is 84.9 cm³/mol. The molecule has 0 amide bonds. The average molecular weight is 292 g/mol. The molecule has 1 fully saturated rings. The van der Waals surface area contributed by atoms with Crippen LogP contribution in [0.4, 0.5) is 17.3 Å². The van der Waals surface area contributed by atoms with Gasteiger partial charge in [0, 0.05) is 19.1 Å². The van der Waals surface area contributed by atoms with E-state index in [1.54, 1.807) is 6.07 Å². The molecular weight excluding hydrogens is 268 g/mol. The molecule has 1 aromatic rings. The number of hydrogen-bond acceptors (Lipinski definition) is 5. The highest BCUT2D eigenvalue weighted by molar-refractivity contribution is 5.56. The summed E-state index contributed by atoms with van der Waals surface area (Å²) >= 11 is 0. The lowest BCUT2D eigenvalue weighted by molar-refractivity contribution is -0.384. The van der Waals surface area contributed by atoms with Crippen LogP contribution in [0.1, 0.15) is 40.0 Å². The second-order valence-electron chi connectivity index (χ2n) is 5.94. The average Bonchev–Trinajstić information content (AvgIpc) is 2.47. The number of nitrogens with zero attached hydrogens (tertiary/aromatic N) is 3. The van der Waals surface area contributed by atoms with Crippen molar-refractivity contribution in [2.75, 3.05) is 23.3 Å². The van der Waals surface area contributed by atoms with Crippen LogP contribution < -0.4 is 10.2 Å². The van der Waals surface area contributed by atoms with Crippen LogP contribution >= 0.6 is 0 Å². The molecule has 6 heteroatoms. The third kappa shape index (κ3) is 3.83. The van der Waals surface area contributed by atoms with Crippen molar-refractivity contribution < 1.29 is 4.92 Å². The van der Waals surface area contributed by atoms with Crippen molar-refractivity contribution in [1.82, 2.24) is 4.98 Å². The van der Waals surface area contributed by atoms with E-state index in [0.717, 1.165) is 25.9 Å². The van der Waals surface area contributed by atoms with Gasteiger partial charge in [-0.1, -0.05) is 13.8 Å². The Bertz CT molecular complexity index is 506. The molecule has 1 aliphatic rings. The van der Waals surface area contributed by atoms with E-state index in [0.29, 0.717) is 23.6 Å². The maximum atomic E-state index is 11.1. The van der Waals surface area contributed by atoms with Gasteiger partial charge in [-0.15, -0.1) is 0 Å². The molecule has 2 unspecified atom stereocenters. The number of anilines is 2. The van der Waals surface area contributed by atoms with Gasteiger partial charge in [0.2, 0.25) is 0 Å². The number of nitrogens with one attached hydrogen (secondary N) is 1. The zero-order chi connectivity index (χ0) is 15.4. The zero-order valence-electron chi connectivity index (χ0n) is 13.0. The van der Waals surface area contributed by atoms with Crippen molar-refractivity contribution in [2.24, 2.45) is 5.92 Å². The molecule has 6 nitrogen and oxygen atoms in total. The van der Waals surface area contributed by atoms with Gasteiger partial charge in [-0.3, -0.25) is 10.1 Å². The van der Waals surface area contributed by atoms with Crippen LogP contribution in [-0.2, 0) is 0 Å². The third-order valence-electron chi connectivity index (χ3n) is 3.98. The molecule has 1 aliphatic heterocycles.